The highest BCUT2D eigenvalue weighted by atomic mass is 32.2. The minimum atomic E-state index is 0.145. The Labute approximate surface area is 133 Å². The fourth-order valence-corrected chi connectivity index (χ4v) is 3.62. The molecule has 0 aliphatic carbocycles. The van der Waals surface area contributed by atoms with Crippen molar-refractivity contribution < 1.29 is 4.79 Å². The van der Waals surface area contributed by atoms with Gasteiger partial charge in [-0.3, -0.25) is 4.79 Å². The molecule has 1 fully saturated rings. The minimum absolute atomic E-state index is 0.145. The number of anilines is 1. The third-order valence-corrected chi connectivity index (χ3v) is 4.76. The fourth-order valence-electron chi connectivity index (χ4n) is 2.77. The number of aryl methyl sites for hydroxylation is 1. The van der Waals surface area contributed by atoms with E-state index in [1.54, 1.807) is 4.40 Å². The highest BCUT2D eigenvalue weighted by molar-refractivity contribution is 7.99. The van der Waals surface area contributed by atoms with E-state index in [-0.39, 0.29) is 5.91 Å². The van der Waals surface area contributed by atoms with Crippen molar-refractivity contribution in [3.63, 3.8) is 0 Å². The molecule has 1 aliphatic rings. The Kier molecular flexibility index (Phi) is 4.19. The molecule has 1 amide bonds. The second-order valence-electron chi connectivity index (χ2n) is 5.81. The molecule has 3 rings (SSSR count). The van der Waals surface area contributed by atoms with Crippen molar-refractivity contribution in [2.24, 2.45) is 5.92 Å². The van der Waals surface area contributed by atoms with Crippen LogP contribution in [0.3, 0.4) is 0 Å². The van der Waals surface area contributed by atoms with E-state index in [4.69, 9.17) is 5.73 Å². The average Bonchev–Trinajstić information content (AvgIpc) is 2.88. The van der Waals surface area contributed by atoms with Gasteiger partial charge in [-0.2, -0.15) is 0 Å². The SMILES string of the molecule is Cc1cc2nnc(SCC(=O)N3CCCC(C)C3)n2c(N)n1. The summed E-state index contributed by atoms with van der Waals surface area (Å²) in [6, 6.07) is 1.82. The molecule has 0 spiro atoms. The predicted octanol–water partition coefficient (Wildman–Crippen LogP) is 1.37. The summed E-state index contributed by atoms with van der Waals surface area (Å²) in [7, 11) is 0. The van der Waals surface area contributed by atoms with E-state index >= 15 is 0 Å². The Hall–Kier alpha value is -1.83. The van der Waals surface area contributed by atoms with Crippen LogP contribution in [0.2, 0.25) is 0 Å². The van der Waals surface area contributed by atoms with Gasteiger partial charge in [0.15, 0.2) is 10.8 Å². The van der Waals surface area contributed by atoms with Crippen molar-refractivity contribution in [3.05, 3.63) is 11.8 Å². The van der Waals surface area contributed by atoms with E-state index in [1.165, 1.54) is 18.2 Å². The Morgan fingerprint density at radius 3 is 3.09 bits per heavy atom. The van der Waals surface area contributed by atoms with Gasteiger partial charge in [-0.15, -0.1) is 10.2 Å². The molecule has 2 aromatic heterocycles. The van der Waals surface area contributed by atoms with Gasteiger partial charge < -0.3 is 10.6 Å². The first-order valence-electron chi connectivity index (χ1n) is 7.43. The quantitative estimate of drug-likeness (QED) is 0.859. The van der Waals surface area contributed by atoms with Crippen molar-refractivity contribution in [2.75, 3.05) is 24.6 Å². The van der Waals surface area contributed by atoms with Crippen molar-refractivity contribution in [2.45, 2.75) is 31.8 Å². The third kappa shape index (κ3) is 3.01. The minimum Gasteiger partial charge on any atom is -0.369 e. The summed E-state index contributed by atoms with van der Waals surface area (Å²) in [5, 5.41) is 8.81. The molecule has 1 atom stereocenters. The van der Waals surface area contributed by atoms with Crippen molar-refractivity contribution >= 4 is 29.3 Å². The van der Waals surface area contributed by atoms with Crippen molar-refractivity contribution in [1.29, 1.82) is 0 Å². The first kappa shape index (κ1) is 15.1. The van der Waals surface area contributed by atoms with Crippen LogP contribution in [0, 0.1) is 12.8 Å². The number of nitrogen functional groups attached to an aromatic ring is 1. The van der Waals surface area contributed by atoms with Gasteiger partial charge in [0.1, 0.15) is 0 Å². The average molecular weight is 320 g/mol. The van der Waals surface area contributed by atoms with Crippen LogP contribution >= 0.6 is 11.8 Å². The molecule has 8 heteroatoms. The summed E-state index contributed by atoms with van der Waals surface area (Å²) in [5.74, 6) is 1.42. The van der Waals surface area contributed by atoms with E-state index in [2.05, 4.69) is 22.1 Å². The van der Waals surface area contributed by atoms with Gasteiger partial charge in [0, 0.05) is 24.8 Å². The maximum Gasteiger partial charge on any atom is 0.233 e. The van der Waals surface area contributed by atoms with Gasteiger partial charge in [0.05, 0.1) is 5.75 Å². The van der Waals surface area contributed by atoms with Gasteiger partial charge in [0.2, 0.25) is 11.9 Å². The zero-order valence-corrected chi connectivity index (χ0v) is 13.6. The van der Waals surface area contributed by atoms with Gasteiger partial charge in [-0.1, -0.05) is 18.7 Å². The summed E-state index contributed by atoms with van der Waals surface area (Å²) >= 11 is 1.36. The van der Waals surface area contributed by atoms with Gasteiger partial charge >= 0.3 is 0 Å². The number of likely N-dealkylation sites (tertiary alicyclic amines) is 1. The van der Waals surface area contributed by atoms with Crippen molar-refractivity contribution in [1.82, 2.24) is 24.5 Å². The number of nitrogens with zero attached hydrogens (tertiary/aromatic N) is 5. The lowest BCUT2D eigenvalue weighted by Gasteiger charge is -2.30. The molecule has 22 heavy (non-hydrogen) atoms. The monoisotopic (exact) mass is 320 g/mol. The number of fused-ring (bicyclic) bond motifs is 1. The molecular weight excluding hydrogens is 300 g/mol. The van der Waals surface area contributed by atoms with Crippen LogP contribution in [0.1, 0.15) is 25.5 Å². The summed E-state index contributed by atoms with van der Waals surface area (Å²) < 4.78 is 1.68. The largest absolute Gasteiger partial charge is 0.369 e. The molecule has 0 aromatic carbocycles. The Bertz CT molecular complexity index is 700. The van der Waals surface area contributed by atoms with Gasteiger partial charge in [-0.05, 0) is 25.7 Å². The Morgan fingerprint density at radius 2 is 2.32 bits per heavy atom. The molecular formula is C14H20N6OS. The molecule has 3 heterocycles. The standard InChI is InChI=1S/C14H20N6OS/c1-9-4-3-5-19(7-9)12(21)8-22-14-18-17-11-6-10(2)16-13(15)20(11)14/h6,9H,3-5,7-8H2,1-2H3,(H2,15,16). The molecule has 0 saturated carbocycles. The van der Waals surface area contributed by atoms with Gasteiger partial charge in [0.25, 0.3) is 0 Å². The number of nitrogens with two attached hydrogens (primary N) is 1. The van der Waals surface area contributed by atoms with E-state index in [9.17, 15) is 4.79 Å². The number of carbonyl (C=O) groups excluding carboxylic acids is 1. The van der Waals surface area contributed by atoms with Crippen LogP contribution in [-0.4, -0.2) is 49.2 Å². The highest BCUT2D eigenvalue weighted by Gasteiger charge is 2.21. The first-order valence-corrected chi connectivity index (χ1v) is 8.42. The summed E-state index contributed by atoms with van der Waals surface area (Å²) in [5.41, 5.74) is 7.39. The van der Waals surface area contributed by atoms with Crippen molar-refractivity contribution in [3.8, 4) is 0 Å². The van der Waals surface area contributed by atoms with Crippen LogP contribution in [0.15, 0.2) is 11.2 Å². The number of piperidine rings is 1. The lowest BCUT2D eigenvalue weighted by atomic mass is 10.0. The smallest absolute Gasteiger partial charge is 0.233 e. The molecule has 0 bridgehead atoms. The normalized spacial score (nSPS) is 18.8. The number of hydrogen-bond donors (Lipinski definition) is 1. The molecule has 1 saturated heterocycles. The Balaban J connectivity index is 1.70. The van der Waals surface area contributed by atoms with Gasteiger partial charge in [-0.25, -0.2) is 9.38 Å². The lowest BCUT2D eigenvalue weighted by Crippen LogP contribution is -2.40. The summed E-state index contributed by atoms with van der Waals surface area (Å²) in [6.07, 6.45) is 2.29. The number of rotatable bonds is 3. The van der Waals surface area contributed by atoms with Crippen LogP contribution in [-0.2, 0) is 4.79 Å². The lowest BCUT2D eigenvalue weighted by molar-refractivity contribution is -0.130. The molecule has 1 unspecified atom stereocenters. The first-order chi connectivity index (χ1) is 10.5. The molecule has 2 N–H and O–H groups in total. The van der Waals surface area contributed by atoms with E-state index in [1.807, 2.05) is 17.9 Å². The summed E-state index contributed by atoms with van der Waals surface area (Å²) in [6.45, 7) is 5.75. The predicted molar refractivity (Wildman–Crippen MR) is 85.6 cm³/mol. The number of aromatic nitrogens is 4. The van der Waals surface area contributed by atoms with E-state index < -0.39 is 0 Å². The van der Waals surface area contributed by atoms with E-state index in [0.29, 0.717) is 28.4 Å². The molecule has 7 nitrogen and oxygen atoms in total. The zero-order chi connectivity index (χ0) is 15.7. The Morgan fingerprint density at radius 1 is 1.50 bits per heavy atom. The molecule has 0 radical (unpaired) electrons. The number of carbonyl (C=O) groups is 1. The highest BCUT2D eigenvalue weighted by Crippen LogP contribution is 2.22. The van der Waals surface area contributed by atoms with Crippen LogP contribution in [0.25, 0.3) is 5.65 Å². The number of hydrogen-bond acceptors (Lipinski definition) is 6. The zero-order valence-electron chi connectivity index (χ0n) is 12.8. The van der Waals surface area contributed by atoms with Crippen LogP contribution in [0.4, 0.5) is 5.95 Å². The fraction of sp³-hybridized carbons (Fsp3) is 0.571. The number of thioether (sulfide) groups is 1. The van der Waals surface area contributed by atoms with Crippen LogP contribution < -0.4 is 5.73 Å². The maximum absolute atomic E-state index is 12.3. The maximum atomic E-state index is 12.3. The second-order valence-corrected chi connectivity index (χ2v) is 6.75. The second kappa shape index (κ2) is 6.12. The van der Waals surface area contributed by atoms with E-state index in [0.717, 1.165) is 25.2 Å². The topological polar surface area (TPSA) is 89.4 Å². The third-order valence-electron chi connectivity index (χ3n) is 3.85. The number of amides is 1. The molecule has 1 aliphatic heterocycles. The van der Waals surface area contributed by atoms with Crippen LogP contribution in [0.5, 0.6) is 0 Å². The summed E-state index contributed by atoms with van der Waals surface area (Å²) in [4.78, 5) is 18.5. The molecule has 2 aromatic rings. The molecule has 118 valence electrons.